The molecule has 7 heteroatoms. The maximum Gasteiger partial charge on any atom is 0.231 e. The van der Waals surface area contributed by atoms with Gasteiger partial charge < -0.3 is 5.32 Å². The molecule has 3 aromatic heterocycles. The van der Waals surface area contributed by atoms with Crippen molar-refractivity contribution in [2.75, 3.05) is 5.32 Å². The quantitative estimate of drug-likeness (QED) is 0.402. The Morgan fingerprint density at radius 1 is 0.882 bits per heavy atom. The minimum absolute atomic E-state index is 0.0663. The van der Waals surface area contributed by atoms with Gasteiger partial charge in [0, 0.05) is 29.7 Å². The summed E-state index contributed by atoms with van der Waals surface area (Å²) in [5, 5.41) is 11.6. The van der Waals surface area contributed by atoms with Crippen LogP contribution in [0.15, 0.2) is 97.5 Å². The monoisotopic (exact) mass is 446 g/mol. The number of carbonyl (C=O) groups excluding carboxylic acids is 1. The van der Waals surface area contributed by atoms with Crippen LogP contribution in [-0.4, -0.2) is 30.9 Å². The van der Waals surface area contributed by atoms with Gasteiger partial charge >= 0.3 is 0 Å². The van der Waals surface area contributed by atoms with E-state index in [2.05, 4.69) is 25.6 Å². The fourth-order valence-electron chi connectivity index (χ4n) is 3.81. The van der Waals surface area contributed by atoms with Crippen LogP contribution in [0.5, 0.6) is 0 Å². The highest BCUT2D eigenvalue weighted by Gasteiger charge is 2.20. The zero-order valence-corrected chi connectivity index (χ0v) is 18.6. The van der Waals surface area contributed by atoms with E-state index in [1.165, 1.54) is 0 Å². The molecule has 0 bridgehead atoms. The number of hydrogen-bond donors (Lipinski definition) is 1. The van der Waals surface area contributed by atoms with E-state index in [0.29, 0.717) is 11.5 Å². The third-order valence-corrected chi connectivity index (χ3v) is 5.51. The highest BCUT2D eigenvalue weighted by molar-refractivity contribution is 5.92. The Hall–Kier alpha value is -4.65. The summed E-state index contributed by atoms with van der Waals surface area (Å²) in [6, 6.07) is 25.4. The Morgan fingerprint density at radius 2 is 1.65 bits per heavy atom. The first-order valence-corrected chi connectivity index (χ1v) is 10.9. The van der Waals surface area contributed by atoms with Gasteiger partial charge in [-0.05, 0) is 42.3 Å². The number of hydrogen-bond acceptors (Lipinski definition) is 5. The van der Waals surface area contributed by atoms with Gasteiger partial charge in [0.2, 0.25) is 5.91 Å². The Bertz CT molecular complexity index is 1410. The molecule has 0 aliphatic carbocycles. The lowest BCUT2D eigenvalue weighted by molar-refractivity contribution is -0.115. The average Bonchev–Trinajstić information content (AvgIpc) is 3.29. The predicted molar refractivity (Wildman–Crippen MR) is 131 cm³/mol. The number of benzene rings is 2. The summed E-state index contributed by atoms with van der Waals surface area (Å²) < 4.78 is 1.75. The Balaban J connectivity index is 1.40. The van der Waals surface area contributed by atoms with Crippen molar-refractivity contribution < 1.29 is 4.79 Å². The molecule has 5 rings (SSSR count). The van der Waals surface area contributed by atoms with Gasteiger partial charge in [-0.2, -0.15) is 0 Å². The molecule has 3 heterocycles. The molecular weight excluding hydrogens is 424 g/mol. The molecule has 0 aliphatic rings. The van der Waals surface area contributed by atoms with Crippen LogP contribution >= 0.6 is 0 Å². The third kappa shape index (κ3) is 4.45. The molecule has 0 fully saturated rings. The number of aromatic nitrogens is 5. The number of nitrogens with zero attached hydrogens (tertiary/aromatic N) is 5. The summed E-state index contributed by atoms with van der Waals surface area (Å²) in [5.41, 5.74) is 6.29. The topological polar surface area (TPSA) is 85.6 Å². The van der Waals surface area contributed by atoms with Gasteiger partial charge in [0.05, 0.1) is 17.8 Å². The van der Waals surface area contributed by atoms with Crippen LogP contribution in [0.25, 0.3) is 28.1 Å². The SMILES string of the molecule is Cc1ccccc1-c1c(CC(=O)Nc2ccc(-c3ccccc3)cn2)nnn1-c1ccncc1. The molecule has 34 heavy (non-hydrogen) atoms. The first-order valence-electron chi connectivity index (χ1n) is 10.9. The number of aryl methyl sites for hydroxylation is 1. The van der Waals surface area contributed by atoms with Crippen LogP contribution in [0.1, 0.15) is 11.3 Å². The highest BCUT2D eigenvalue weighted by atomic mass is 16.1. The van der Waals surface area contributed by atoms with Gasteiger partial charge in [-0.15, -0.1) is 5.10 Å². The standard InChI is InChI=1S/C27H22N6O/c1-19-7-5-6-10-23(19)27-24(31-32-33(27)22-13-15-28-16-14-22)17-26(34)30-25-12-11-21(18-29-25)20-8-3-2-4-9-20/h2-16,18H,17H2,1H3,(H,29,30,34). The molecule has 0 unspecified atom stereocenters. The Kier molecular flexibility index (Phi) is 5.90. The first-order chi connectivity index (χ1) is 16.7. The molecule has 1 amide bonds. The van der Waals surface area contributed by atoms with E-state index in [9.17, 15) is 4.79 Å². The lowest BCUT2D eigenvalue weighted by atomic mass is 10.0. The van der Waals surface area contributed by atoms with E-state index in [0.717, 1.165) is 33.6 Å². The Labute approximate surface area is 197 Å². The van der Waals surface area contributed by atoms with Crippen molar-refractivity contribution in [3.8, 4) is 28.1 Å². The first kappa shape index (κ1) is 21.2. The second kappa shape index (κ2) is 9.46. The minimum Gasteiger partial charge on any atom is -0.310 e. The zero-order valence-electron chi connectivity index (χ0n) is 18.6. The van der Waals surface area contributed by atoms with Crippen LogP contribution in [0.2, 0.25) is 0 Å². The van der Waals surface area contributed by atoms with E-state index in [1.54, 1.807) is 29.3 Å². The van der Waals surface area contributed by atoms with Crippen molar-refractivity contribution in [3.05, 3.63) is 109 Å². The smallest absolute Gasteiger partial charge is 0.231 e. The fraction of sp³-hybridized carbons (Fsp3) is 0.0741. The number of pyridine rings is 2. The van der Waals surface area contributed by atoms with E-state index in [-0.39, 0.29) is 12.3 Å². The number of rotatable bonds is 6. The van der Waals surface area contributed by atoms with Gasteiger partial charge in [0.25, 0.3) is 0 Å². The molecule has 0 radical (unpaired) electrons. The fourth-order valence-corrected chi connectivity index (χ4v) is 3.81. The number of nitrogens with one attached hydrogen (secondary N) is 1. The predicted octanol–water partition coefficient (Wildman–Crippen LogP) is 4.88. The lowest BCUT2D eigenvalue weighted by Crippen LogP contribution is -2.16. The average molecular weight is 447 g/mol. The summed E-state index contributed by atoms with van der Waals surface area (Å²) in [4.78, 5) is 21.4. The van der Waals surface area contributed by atoms with Gasteiger partial charge in [-0.25, -0.2) is 9.67 Å². The van der Waals surface area contributed by atoms with Gasteiger partial charge in [0.15, 0.2) is 0 Å². The molecular formula is C27H22N6O. The second-order valence-corrected chi connectivity index (χ2v) is 7.84. The summed E-state index contributed by atoms with van der Waals surface area (Å²) in [6.45, 7) is 2.03. The van der Waals surface area contributed by atoms with Gasteiger partial charge in [-0.1, -0.05) is 59.8 Å². The molecule has 5 aromatic rings. The second-order valence-electron chi connectivity index (χ2n) is 7.84. The molecule has 0 aliphatic heterocycles. The lowest BCUT2D eigenvalue weighted by Gasteiger charge is -2.11. The van der Waals surface area contributed by atoms with Crippen molar-refractivity contribution in [1.29, 1.82) is 0 Å². The third-order valence-electron chi connectivity index (χ3n) is 5.51. The normalized spacial score (nSPS) is 10.7. The minimum atomic E-state index is -0.212. The molecule has 0 atom stereocenters. The van der Waals surface area contributed by atoms with Crippen LogP contribution < -0.4 is 5.32 Å². The highest BCUT2D eigenvalue weighted by Crippen LogP contribution is 2.28. The van der Waals surface area contributed by atoms with E-state index in [1.807, 2.05) is 79.7 Å². The molecule has 2 aromatic carbocycles. The molecule has 0 saturated carbocycles. The van der Waals surface area contributed by atoms with Crippen molar-refractivity contribution in [3.63, 3.8) is 0 Å². The van der Waals surface area contributed by atoms with Crippen molar-refractivity contribution in [2.24, 2.45) is 0 Å². The maximum absolute atomic E-state index is 12.9. The Morgan fingerprint density at radius 3 is 2.38 bits per heavy atom. The largest absolute Gasteiger partial charge is 0.310 e. The summed E-state index contributed by atoms with van der Waals surface area (Å²) in [6.07, 6.45) is 5.23. The molecule has 0 spiro atoms. The maximum atomic E-state index is 12.9. The summed E-state index contributed by atoms with van der Waals surface area (Å²) in [5.74, 6) is 0.278. The van der Waals surface area contributed by atoms with Gasteiger partial charge in [0.1, 0.15) is 11.5 Å². The summed E-state index contributed by atoms with van der Waals surface area (Å²) in [7, 11) is 0. The van der Waals surface area contributed by atoms with E-state index in [4.69, 9.17) is 0 Å². The van der Waals surface area contributed by atoms with Crippen molar-refractivity contribution in [1.82, 2.24) is 25.0 Å². The molecule has 1 N–H and O–H groups in total. The number of anilines is 1. The molecule has 0 saturated heterocycles. The van der Waals surface area contributed by atoms with Crippen LogP contribution in [-0.2, 0) is 11.2 Å². The molecule has 7 nitrogen and oxygen atoms in total. The van der Waals surface area contributed by atoms with Gasteiger partial charge in [-0.3, -0.25) is 9.78 Å². The molecule has 166 valence electrons. The van der Waals surface area contributed by atoms with Crippen LogP contribution in [0, 0.1) is 6.92 Å². The van der Waals surface area contributed by atoms with E-state index < -0.39 is 0 Å². The van der Waals surface area contributed by atoms with Crippen LogP contribution in [0.4, 0.5) is 5.82 Å². The van der Waals surface area contributed by atoms with E-state index >= 15 is 0 Å². The summed E-state index contributed by atoms with van der Waals surface area (Å²) >= 11 is 0. The zero-order chi connectivity index (χ0) is 23.3. The van der Waals surface area contributed by atoms with Crippen molar-refractivity contribution in [2.45, 2.75) is 13.3 Å². The number of amides is 1. The number of carbonyl (C=O) groups is 1. The van der Waals surface area contributed by atoms with Crippen LogP contribution in [0.3, 0.4) is 0 Å². The van der Waals surface area contributed by atoms with Crippen molar-refractivity contribution >= 4 is 11.7 Å².